The molecule has 0 fully saturated rings. The highest BCUT2D eigenvalue weighted by atomic mass is 35.5. The molecule has 0 saturated heterocycles. The molecule has 4 heteroatoms. The highest BCUT2D eigenvalue weighted by molar-refractivity contribution is 6.31. The average Bonchev–Trinajstić information content (AvgIpc) is 2.86. The third kappa shape index (κ3) is 4.22. The lowest BCUT2D eigenvalue weighted by atomic mass is 9.97. The Kier molecular flexibility index (Phi) is 5.31. The molecule has 1 N–H and O–H groups in total. The first kappa shape index (κ1) is 16.3. The van der Waals surface area contributed by atoms with Crippen LogP contribution in [-0.2, 0) is 4.74 Å². The van der Waals surface area contributed by atoms with Crippen molar-refractivity contribution in [2.24, 2.45) is 0 Å². The summed E-state index contributed by atoms with van der Waals surface area (Å²) in [5, 5.41) is 5.31. The molecule has 0 radical (unpaired) electrons. The van der Waals surface area contributed by atoms with E-state index >= 15 is 0 Å². The number of nitrogens with one attached hydrogen (secondary N) is 1. The summed E-state index contributed by atoms with van der Waals surface area (Å²) >= 11 is 6.04. The summed E-state index contributed by atoms with van der Waals surface area (Å²) in [6, 6.07) is 7.90. The van der Waals surface area contributed by atoms with Gasteiger partial charge in [0.15, 0.2) is 0 Å². The van der Waals surface area contributed by atoms with E-state index in [1.54, 1.807) is 7.11 Å². The second-order valence-electron chi connectivity index (χ2n) is 6.01. The molecule has 21 heavy (non-hydrogen) atoms. The third-order valence-corrected chi connectivity index (χ3v) is 3.96. The van der Waals surface area contributed by atoms with Gasteiger partial charge >= 0.3 is 0 Å². The fraction of sp³-hybridized carbons (Fsp3) is 0.529. The number of halogens is 1. The van der Waals surface area contributed by atoms with Crippen molar-refractivity contribution < 1.29 is 9.15 Å². The summed E-state index contributed by atoms with van der Waals surface area (Å²) < 4.78 is 11.6. The van der Waals surface area contributed by atoms with Crippen LogP contribution in [-0.4, -0.2) is 19.3 Å². The van der Waals surface area contributed by atoms with Crippen molar-refractivity contribution in [3.05, 3.63) is 35.0 Å². The lowest BCUT2D eigenvalue weighted by molar-refractivity contribution is 0.00516. The normalized spacial score (nSPS) is 13.8. The van der Waals surface area contributed by atoms with E-state index in [4.69, 9.17) is 20.8 Å². The largest absolute Gasteiger partial charge is 0.459 e. The van der Waals surface area contributed by atoms with Crippen molar-refractivity contribution in [2.75, 3.05) is 13.7 Å². The highest BCUT2D eigenvalue weighted by Gasteiger charge is 2.26. The first-order chi connectivity index (χ1) is 9.95. The minimum absolute atomic E-state index is 0.131. The Morgan fingerprint density at radius 3 is 2.76 bits per heavy atom. The highest BCUT2D eigenvalue weighted by Crippen LogP contribution is 2.31. The van der Waals surface area contributed by atoms with Gasteiger partial charge in [-0.3, -0.25) is 0 Å². The van der Waals surface area contributed by atoms with E-state index in [1.807, 2.05) is 18.2 Å². The van der Waals surface area contributed by atoms with Crippen LogP contribution in [0, 0.1) is 0 Å². The smallest absolute Gasteiger partial charge is 0.134 e. The molecule has 2 aromatic rings. The van der Waals surface area contributed by atoms with Crippen molar-refractivity contribution in [1.82, 2.24) is 5.32 Å². The molecule has 0 aliphatic carbocycles. The van der Waals surface area contributed by atoms with Crippen molar-refractivity contribution in [1.29, 1.82) is 0 Å². The monoisotopic (exact) mass is 309 g/mol. The fourth-order valence-electron chi connectivity index (χ4n) is 2.37. The van der Waals surface area contributed by atoms with Crippen LogP contribution in [0.25, 0.3) is 11.0 Å². The lowest BCUT2D eigenvalue weighted by Gasteiger charge is -2.28. The molecule has 2 rings (SSSR count). The van der Waals surface area contributed by atoms with Gasteiger partial charge in [-0.1, -0.05) is 18.5 Å². The molecule has 0 spiro atoms. The van der Waals surface area contributed by atoms with Crippen LogP contribution >= 0.6 is 11.6 Å². The molecule has 116 valence electrons. The van der Waals surface area contributed by atoms with Crippen molar-refractivity contribution >= 4 is 22.6 Å². The molecular formula is C17H24ClNO2. The van der Waals surface area contributed by atoms with Gasteiger partial charge < -0.3 is 14.5 Å². The molecule has 0 aliphatic rings. The standard InChI is InChI=1S/C17H24ClNO2/c1-5-8-19-14(11-17(2,3)20-4)16-10-12-9-13(18)6-7-15(12)21-16/h6-7,9-10,14,19H,5,8,11H2,1-4H3. The van der Waals surface area contributed by atoms with Crippen molar-refractivity contribution in [3.8, 4) is 0 Å². The maximum atomic E-state index is 6.04. The number of furan rings is 1. The minimum Gasteiger partial charge on any atom is -0.459 e. The Hall–Kier alpha value is -1.03. The van der Waals surface area contributed by atoms with Crippen LogP contribution in [0.4, 0.5) is 0 Å². The number of methoxy groups -OCH3 is 1. The van der Waals surface area contributed by atoms with Gasteiger partial charge in [-0.15, -0.1) is 0 Å². The van der Waals surface area contributed by atoms with Gasteiger partial charge in [0.1, 0.15) is 11.3 Å². The molecule has 1 heterocycles. The zero-order valence-corrected chi connectivity index (χ0v) is 14.0. The molecule has 0 aliphatic heterocycles. The van der Waals surface area contributed by atoms with Gasteiger partial charge in [0, 0.05) is 17.5 Å². The molecule has 1 aromatic carbocycles. The van der Waals surface area contributed by atoms with Gasteiger partial charge in [-0.2, -0.15) is 0 Å². The summed E-state index contributed by atoms with van der Waals surface area (Å²) in [5.74, 6) is 0.936. The van der Waals surface area contributed by atoms with Crippen molar-refractivity contribution in [2.45, 2.75) is 45.3 Å². The maximum absolute atomic E-state index is 6.04. The molecule has 3 nitrogen and oxygen atoms in total. The number of benzene rings is 1. The SMILES string of the molecule is CCCNC(CC(C)(C)OC)c1cc2cc(Cl)ccc2o1. The van der Waals surface area contributed by atoms with Gasteiger partial charge in [-0.05, 0) is 57.5 Å². The van der Waals surface area contributed by atoms with E-state index in [0.717, 1.165) is 41.1 Å². The number of fused-ring (bicyclic) bond motifs is 1. The van der Waals surface area contributed by atoms with Crippen LogP contribution in [0.15, 0.2) is 28.7 Å². The summed E-state index contributed by atoms with van der Waals surface area (Å²) in [5.41, 5.74) is 0.662. The minimum atomic E-state index is -0.206. The predicted molar refractivity (Wildman–Crippen MR) is 88.0 cm³/mol. The van der Waals surface area contributed by atoms with Crippen LogP contribution in [0.2, 0.25) is 5.02 Å². The van der Waals surface area contributed by atoms with Crippen LogP contribution in [0.1, 0.15) is 45.4 Å². The van der Waals surface area contributed by atoms with Crippen LogP contribution in [0.5, 0.6) is 0 Å². The Morgan fingerprint density at radius 1 is 1.33 bits per heavy atom. The first-order valence-corrected chi connectivity index (χ1v) is 7.80. The predicted octanol–water partition coefficient (Wildman–Crippen LogP) is 4.94. The number of ether oxygens (including phenoxy) is 1. The maximum Gasteiger partial charge on any atom is 0.134 e. The quantitative estimate of drug-likeness (QED) is 0.786. The topological polar surface area (TPSA) is 34.4 Å². The Morgan fingerprint density at radius 2 is 2.10 bits per heavy atom. The van der Waals surface area contributed by atoms with Gasteiger partial charge in [0.25, 0.3) is 0 Å². The van der Waals surface area contributed by atoms with Gasteiger partial charge in [0.05, 0.1) is 11.6 Å². The van der Waals surface area contributed by atoms with Gasteiger partial charge in [0.2, 0.25) is 0 Å². The fourth-order valence-corrected chi connectivity index (χ4v) is 2.55. The Balaban J connectivity index is 2.28. The second kappa shape index (κ2) is 6.82. The average molecular weight is 310 g/mol. The molecular weight excluding hydrogens is 286 g/mol. The van der Waals surface area contributed by atoms with E-state index in [9.17, 15) is 0 Å². The summed E-state index contributed by atoms with van der Waals surface area (Å²) in [6.07, 6.45) is 1.92. The van der Waals surface area contributed by atoms with E-state index in [-0.39, 0.29) is 11.6 Å². The zero-order valence-electron chi connectivity index (χ0n) is 13.2. The zero-order chi connectivity index (χ0) is 15.5. The molecule has 0 bridgehead atoms. The molecule has 1 atom stereocenters. The summed E-state index contributed by atoms with van der Waals surface area (Å²) in [6.45, 7) is 7.28. The Labute approximate surface area is 131 Å². The summed E-state index contributed by atoms with van der Waals surface area (Å²) in [4.78, 5) is 0. The van der Waals surface area contributed by atoms with E-state index in [2.05, 4.69) is 32.2 Å². The molecule has 0 saturated carbocycles. The van der Waals surface area contributed by atoms with E-state index < -0.39 is 0 Å². The molecule has 0 amide bonds. The number of rotatable bonds is 7. The molecule has 1 unspecified atom stereocenters. The molecule has 1 aromatic heterocycles. The van der Waals surface area contributed by atoms with Gasteiger partial charge in [-0.25, -0.2) is 0 Å². The van der Waals surface area contributed by atoms with E-state index in [1.165, 1.54) is 0 Å². The van der Waals surface area contributed by atoms with Crippen molar-refractivity contribution in [3.63, 3.8) is 0 Å². The second-order valence-corrected chi connectivity index (χ2v) is 6.44. The first-order valence-electron chi connectivity index (χ1n) is 7.42. The lowest BCUT2D eigenvalue weighted by Crippen LogP contribution is -2.32. The summed E-state index contributed by atoms with van der Waals surface area (Å²) in [7, 11) is 1.75. The Bertz CT molecular complexity index is 591. The van der Waals surface area contributed by atoms with E-state index in [0.29, 0.717) is 0 Å². The third-order valence-electron chi connectivity index (χ3n) is 3.73. The van der Waals surface area contributed by atoms with Crippen LogP contribution < -0.4 is 5.32 Å². The number of hydrogen-bond donors (Lipinski definition) is 1. The number of hydrogen-bond acceptors (Lipinski definition) is 3. The van der Waals surface area contributed by atoms with Crippen LogP contribution in [0.3, 0.4) is 0 Å².